The van der Waals surface area contributed by atoms with E-state index in [1.165, 1.54) is 0 Å². The van der Waals surface area contributed by atoms with Gasteiger partial charge in [0, 0.05) is 6.54 Å². The molecule has 0 aliphatic rings. The maximum absolute atomic E-state index is 5.05. The molecule has 0 saturated carbocycles. The predicted octanol–water partition coefficient (Wildman–Crippen LogP) is 1.09. The van der Waals surface area contributed by atoms with Crippen LogP contribution in [0.15, 0.2) is 10.9 Å². The number of aromatic nitrogens is 6. The molecule has 20 heavy (non-hydrogen) atoms. The topological polar surface area (TPSA) is 117 Å². The number of fused-ring (bicyclic) bond motifs is 1. The zero-order valence-corrected chi connectivity index (χ0v) is 11.1. The van der Waals surface area contributed by atoms with E-state index in [-0.39, 0.29) is 0 Å². The maximum Gasteiger partial charge on any atom is 0.245 e. The first-order chi connectivity index (χ1) is 9.76. The van der Waals surface area contributed by atoms with Gasteiger partial charge in [-0.3, -0.25) is 0 Å². The summed E-state index contributed by atoms with van der Waals surface area (Å²) in [6.07, 6.45) is 1.58. The Bertz CT molecular complexity index is 718. The Morgan fingerprint density at radius 2 is 2.15 bits per heavy atom. The molecule has 3 N–H and O–H groups in total. The SMILES string of the molecule is CCNc1nc(NCc2nc(C)no2)c2[nH]cnc2n1. The van der Waals surface area contributed by atoms with E-state index < -0.39 is 0 Å². The van der Waals surface area contributed by atoms with Crippen LogP contribution in [0.25, 0.3) is 11.2 Å². The third-order valence-corrected chi connectivity index (χ3v) is 2.60. The summed E-state index contributed by atoms with van der Waals surface area (Å²) in [7, 11) is 0. The quantitative estimate of drug-likeness (QED) is 0.632. The molecule has 3 rings (SSSR count). The third kappa shape index (κ3) is 2.37. The lowest BCUT2D eigenvalue weighted by Crippen LogP contribution is -2.07. The Labute approximate surface area is 114 Å². The van der Waals surface area contributed by atoms with E-state index in [0.717, 1.165) is 12.1 Å². The fourth-order valence-corrected chi connectivity index (χ4v) is 1.77. The smallest absolute Gasteiger partial charge is 0.245 e. The molecule has 3 aromatic heterocycles. The van der Waals surface area contributed by atoms with E-state index >= 15 is 0 Å². The third-order valence-electron chi connectivity index (χ3n) is 2.60. The first kappa shape index (κ1) is 12.3. The molecule has 0 unspecified atom stereocenters. The van der Waals surface area contributed by atoms with Crippen molar-refractivity contribution in [1.82, 2.24) is 30.1 Å². The molecule has 0 amide bonds. The van der Waals surface area contributed by atoms with Crippen molar-refractivity contribution in [1.29, 1.82) is 0 Å². The number of imidazole rings is 1. The Balaban J connectivity index is 1.87. The minimum Gasteiger partial charge on any atom is -0.359 e. The molecular formula is C11H14N8O. The normalized spacial score (nSPS) is 10.9. The zero-order valence-electron chi connectivity index (χ0n) is 11.1. The summed E-state index contributed by atoms with van der Waals surface area (Å²) in [4.78, 5) is 20.0. The Hall–Kier alpha value is -2.71. The van der Waals surface area contributed by atoms with Crippen molar-refractivity contribution in [3.8, 4) is 0 Å². The average Bonchev–Trinajstić information content (AvgIpc) is 3.05. The number of hydrogen-bond acceptors (Lipinski definition) is 8. The first-order valence-electron chi connectivity index (χ1n) is 6.24. The van der Waals surface area contributed by atoms with E-state index in [1.807, 2.05) is 6.92 Å². The number of nitrogens with zero attached hydrogens (tertiary/aromatic N) is 5. The minimum absolute atomic E-state index is 0.386. The molecule has 3 aromatic rings. The second-order valence-corrected chi connectivity index (χ2v) is 4.12. The molecule has 3 heterocycles. The monoisotopic (exact) mass is 274 g/mol. The van der Waals surface area contributed by atoms with E-state index in [4.69, 9.17) is 4.52 Å². The average molecular weight is 274 g/mol. The lowest BCUT2D eigenvalue weighted by atomic mass is 10.4. The molecular weight excluding hydrogens is 260 g/mol. The maximum atomic E-state index is 5.05. The van der Waals surface area contributed by atoms with Gasteiger partial charge in [0.2, 0.25) is 11.8 Å². The zero-order chi connectivity index (χ0) is 13.9. The van der Waals surface area contributed by atoms with Gasteiger partial charge in [0.05, 0.1) is 12.9 Å². The molecule has 0 radical (unpaired) electrons. The largest absolute Gasteiger partial charge is 0.359 e. The summed E-state index contributed by atoms with van der Waals surface area (Å²) in [6.45, 7) is 4.87. The molecule has 104 valence electrons. The molecule has 9 nitrogen and oxygen atoms in total. The van der Waals surface area contributed by atoms with Gasteiger partial charge < -0.3 is 20.1 Å². The van der Waals surface area contributed by atoms with Crippen molar-refractivity contribution in [2.45, 2.75) is 20.4 Å². The van der Waals surface area contributed by atoms with Gasteiger partial charge in [0.15, 0.2) is 17.3 Å². The van der Waals surface area contributed by atoms with Crippen molar-refractivity contribution in [3.63, 3.8) is 0 Å². The molecule has 9 heteroatoms. The summed E-state index contributed by atoms with van der Waals surface area (Å²) in [5.74, 6) is 2.26. The van der Waals surface area contributed by atoms with Crippen molar-refractivity contribution in [2.24, 2.45) is 0 Å². The van der Waals surface area contributed by atoms with Crippen molar-refractivity contribution < 1.29 is 4.52 Å². The number of hydrogen-bond donors (Lipinski definition) is 3. The second kappa shape index (κ2) is 5.11. The van der Waals surface area contributed by atoms with Crippen molar-refractivity contribution in [2.75, 3.05) is 17.2 Å². The molecule has 0 aliphatic carbocycles. The molecule has 0 spiro atoms. The summed E-state index contributed by atoms with van der Waals surface area (Å²) in [5, 5.41) is 9.95. The highest BCUT2D eigenvalue weighted by Gasteiger charge is 2.10. The van der Waals surface area contributed by atoms with Crippen LogP contribution in [-0.4, -0.2) is 36.6 Å². The van der Waals surface area contributed by atoms with Gasteiger partial charge in [0.25, 0.3) is 0 Å². The van der Waals surface area contributed by atoms with Gasteiger partial charge in [-0.1, -0.05) is 5.16 Å². The van der Waals surface area contributed by atoms with Crippen LogP contribution >= 0.6 is 0 Å². The van der Waals surface area contributed by atoms with Gasteiger partial charge in [-0.05, 0) is 13.8 Å². The summed E-state index contributed by atoms with van der Waals surface area (Å²) in [5.41, 5.74) is 1.34. The van der Waals surface area contributed by atoms with Crippen LogP contribution in [0, 0.1) is 6.92 Å². The van der Waals surface area contributed by atoms with Crippen LogP contribution in [0.4, 0.5) is 11.8 Å². The van der Waals surface area contributed by atoms with Gasteiger partial charge >= 0.3 is 0 Å². The molecule has 0 aromatic carbocycles. The predicted molar refractivity (Wildman–Crippen MR) is 72.2 cm³/mol. The first-order valence-corrected chi connectivity index (χ1v) is 6.24. The molecule has 0 aliphatic heterocycles. The number of aryl methyl sites for hydroxylation is 1. The van der Waals surface area contributed by atoms with Gasteiger partial charge in [0.1, 0.15) is 5.52 Å². The summed E-state index contributed by atoms with van der Waals surface area (Å²) < 4.78 is 5.05. The van der Waals surface area contributed by atoms with Crippen LogP contribution in [0.2, 0.25) is 0 Å². The standard InChI is InChI=1S/C11H14N8O/c1-3-12-11-17-9(8-10(18-11)15-5-14-8)13-4-7-16-6(2)19-20-7/h5H,3-4H2,1-2H3,(H3,12,13,14,15,17,18). The summed E-state index contributed by atoms with van der Waals surface area (Å²) in [6, 6.07) is 0. The number of H-pyrrole nitrogens is 1. The van der Waals surface area contributed by atoms with E-state index in [9.17, 15) is 0 Å². The highest BCUT2D eigenvalue weighted by Crippen LogP contribution is 2.19. The Morgan fingerprint density at radius 1 is 1.25 bits per heavy atom. The van der Waals surface area contributed by atoms with Crippen LogP contribution in [0.3, 0.4) is 0 Å². The fourth-order valence-electron chi connectivity index (χ4n) is 1.77. The summed E-state index contributed by atoms with van der Waals surface area (Å²) >= 11 is 0. The number of nitrogens with one attached hydrogen (secondary N) is 3. The number of rotatable bonds is 5. The van der Waals surface area contributed by atoms with Crippen LogP contribution in [0.1, 0.15) is 18.6 Å². The van der Waals surface area contributed by atoms with Crippen molar-refractivity contribution >= 4 is 22.9 Å². The second-order valence-electron chi connectivity index (χ2n) is 4.12. The Morgan fingerprint density at radius 3 is 2.90 bits per heavy atom. The molecule has 0 atom stereocenters. The lowest BCUT2D eigenvalue weighted by molar-refractivity contribution is 0.379. The van der Waals surface area contributed by atoms with Crippen LogP contribution in [0.5, 0.6) is 0 Å². The molecule has 0 fully saturated rings. The number of anilines is 2. The van der Waals surface area contributed by atoms with E-state index in [0.29, 0.717) is 35.7 Å². The fraction of sp³-hybridized carbons (Fsp3) is 0.364. The van der Waals surface area contributed by atoms with Gasteiger partial charge in [-0.15, -0.1) is 0 Å². The minimum atomic E-state index is 0.386. The van der Waals surface area contributed by atoms with E-state index in [2.05, 4.69) is 40.7 Å². The van der Waals surface area contributed by atoms with Crippen LogP contribution < -0.4 is 10.6 Å². The van der Waals surface area contributed by atoms with Gasteiger partial charge in [-0.2, -0.15) is 15.0 Å². The highest BCUT2D eigenvalue weighted by molar-refractivity contribution is 5.83. The van der Waals surface area contributed by atoms with Gasteiger partial charge in [-0.25, -0.2) is 4.98 Å². The van der Waals surface area contributed by atoms with E-state index in [1.54, 1.807) is 13.3 Å². The van der Waals surface area contributed by atoms with Crippen LogP contribution in [-0.2, 0) is 6.54 Å². The number of aromatic amines is 1. The Kier molecular flexibility index (Phi) is 3.15. The molecule has 0 bridgehead atoms. The molecule has 0 saturated heterocycles. The lowest BCUT2D eigenvalue weighted by Gasteiger charge is -2.06. The van der Waals surface area contributed by atoms with Crippen molar-refractivity contribution in [3.05, 3.63) is 18.0 Å². The highest BCUT2D eigenvalue weighted by atomic mass is 16.5.